The molecular formula is C30H33FN8O. The lowest BCUT2D eigenvalue weighted by Crippen LogP contribution is -2.23. The van der Waals surface area contributed by atoms with Crippen LogP contribution in [0.3, 0.4) is 0 Å². The third-order valence-electron chi connectivity index (χ3n) is 6.61. The Bertz CT molecular complexity index is 1650. The summed E-state index contributed by atoms with van der Waals surface area (Å²) in [6.45, 7) is 6.80. The molecular weight excluding hydrogens is 507 g/mol. The molecule has 1 saturated carbocycles. The van der Waals surface area contributed by atoms with Crippen LogP contribution in [0.5, 0.6) is 0 Å². The fraction of sp³-hybridized carbons (Fsp3) is 0.367. The van der Waals surface area contributed by atoms with E-state index in [1.807, 2.05) is 0 Å². The van der Waals surface area contributed by atoms with Crippen LogP contribution in [0.15, 0.2) is 48.8 Å². The van der Waals surface area contributed by atoms with Crippen molar-refractivity contribution in [1.29, 1.82) is 5.26 Å². The van der Waals surface area contributed by atoms with E-state index < -0.39 is 11.8 Å². The summed E-state index contributed by atoms with van der Waals surface area (Å²) in [5.41, 5.74) is 2.74. The topological polar surface area (TPSA) is 112 Å². The summed E-state index contributed by atoms with van der Waals surface area (Å²) in [7, 11) is 3.31. The first kappa shape index (κ1) is 25.7. The van der Waals surface area contributed by atoms with Crippen molar-refractivity contribution < 1.29 is 10.6 Å². The largest absolute Gasteiger partial charge is 0.383 e. The van der Waals surface area contributed by atoms with E-state index in [4.69, 9.17) is 0 Å². The summed E-state index contributed by atoms with van der Waals surface area (Å²) in [6, 6.07) is 9.87. The van der Waals surface area contributed by atoms with E-state index >= 15 is 0 Å². The predicted molar refractivity (Wildman–Crippen MR) is 153 cm³/mol. The van der Waals surface area contributed by atoms with Crippen LogP contribution in [0, 0.1) is 22.6 Å². The highest BCUT2D eigenvalue weighted by Gasteiger charge is 2.28. The first-order valence-corrected chi connectivity index (χ1v) is 13.2. The number of nitrogens with zero attached hydrogens (tertiary/aromatic N) is 6. The van der Waals surface area contributed by atoms with Gasteiger partial charge in [0.25, 0.3) is 5.91 Å². The number of amides is 1. The van der Waals surface area contributed by atoms with E-state index in [0.717, 1.165) is 12.8 Å². The molecule has 1 aliphatic rings. The van der Waals surface area contributed by atoms with E-state index in [-0.39, 0.29) is 17.4 Å². The molecule has 2 N–H and O–H groups in total. The second-order valence-corrected chi connectivity index (χ2v) is 11.5. The van der Waals surface area contributed by atoms with Crippen molar-refractivity contribution in [3.63, 3.8) is 0 Å². The second kappa shape index (κ2) is 10.6. The number of carbonyl (C=O) groups excluding carboxylic acids is 1. The lowest BCUT2D eigenvalue weighted by atomic mass is 9.96. The Morgan fingerprint density at radius 2 is 2.00 bits per heavy atom. The average Bonchev–Trinajstić information content (AvgIpc) is 3.65. The van der Waals surface area contributed by atoms with Gasteiger partial charge in [0.1, 0.15) is 17.6 Å². The van der Waals surface area contributed by atoms with Gasteiger partial charge in [-0.3, -0.25) is 9.78 Å². The zero-order valence-electron chi connectivity index (χ0n) is 24.3. The standard InChI is InChI=1S/C30H33FN8O/c1-30(2,3)17-34-26-19(14-32)15-33-28-23(26)12-21(13-24(28)29(40)38(4)5)35-27(18-6-8-20(31)9-7-18)25-16-39(37-36-25)22-10-11-22/h6-9,12-13,15-16,22,27,35H,10-11,17H2,1-5H3,(H,33,34)/i27D. The van der Waals surface area contributed by atoms with Gasteiger partial charge in [-0.25, -0.2) is 9.07 Å². The van der Waals surface area contributed by atoms with E-state index in [9.17, 15) is 15.8 Å². The van der Waals surface area contributed by atoms with E-state index in [1.54, 1.807) is 37.1 Å². The molecule has 9 nitrogen and oxygen atoms in total. The monoisotopic (exact) mass is 541 g/mol. The lowest BCUT2D eigenvalue weighted by molar-refractivity contribution is 0.0829. The van der Waals surface area contributed by atoms with Crippen LogP contribution in [0.25, 0.3) is 10.9 Å². The summed E-state index contributed by atoms with van der Waals surface area (Å²) < 4.78 is 25.3. The van der Waals surface area contributed by atoms with Gasteiger partial charge in [-0.15, -0.1) is 5.10 Å². The number of carbonyl (C=O) groups is 1. The zero-order valence-corrected chi connectivity index (χ0v) is 23.3. The van der Waals surface area contributed by atoms with Crippen molar-refractivity contribution in [3.8, 4) is 6.07 Å². The number of aromatic nitrogens is 4. The van der Waals surface area contributed by atoms with Gasteiger partial charge in [-0.05, 0) is 48.1 Å². The minimum Gasteiger partial charge on any atom is -0.383 e. The molecule has 0 saturated heterocycles. The normalized spacial score (nSPS) is 15.2. The maximum atomic E-state index is 13.9. The van der Waals surface area contributed by atoms with E-state index in [0.29, 0.717) is 51.2 Å². The molecule has 1 aliphatic carbocycles. The van der Waals surface area contributed by atoms with Gasteiger partial charge in [0.2, 0.25) is 0 Å². The van der Waals surface area contributed by atoms with Crippen molar-refractivity contribution in [2.45, 2.75) is 45.7 Å². The molecule has 0 aliphatic heterocycles. The summed E-state index contributed by atoms with van der Waals surface area (Å²) in [5.74, 6) is -0.707. The third kappa shape index (κ3) is 5.73. The number of halogens is 1. The number of anilines is 2. The lowest BCUT2D eigenvalue weighted by Gasteiger charge is -2.23. The van der Waals surface area contributed by atoms with E-state index in [2.05, 4.69) is 52.8 Å². The molecule has 5 rings (SSSR count). The van der Waals surface area contributed by atoms with Gasteiger partial charge >= 0.3 is 0 Å². The predicted octanol–water partition coefficient (Wildman–Crippen LogP) is 5.53. The first-order chi connectivity index (χ1) is 19.4. The average molecular weight is 542 g/mol. The molecule has 10 heteroatoms. The zero-order chi connectivity index (χ0) is 29.5. The summed E-state index contributed by atoms with van der Waals surface area (Å²) in [4.78, 5) is 19.3. The molecule has 4 aromatic rings. The Morgan fingerprint density at radius 3 is 2.62 bits per heavy atom. The van der Waals surface area contributed by atoms with Gasteiger partial charge in [0, 0.05) is 37.9 Å². The van der Waals surface area contributed by atoms with Crippen LogP contribution in [-0.4, -0.2) is 51.4 Å². The maximum absolute atomic E-state index is 13.9. The number of nitrogens with one attached hydrogen (secondary N) is 2. The summed E-state index contributed by atoms with van der Waals surface area (Å²) in [6.07, 6.45) is 5.20. The van der Waals surface area contributed by atoms with Crippen molar-refractivity contribution in [1.82, 2.24) is 24.9 Å². The Labute approximate surface area is 234 Å². The van der Waals surface area contributed by atoms with Crippen LogP contribution in [-0.2, 0) is 0 Å². The van der Waals surface area contributed by atoms with Crippen molar-refractivity contribution >= 4 is 28.2 Å². The fourth-order valence-electron chi connectivity index (χ4n) is 4.36. The van der Waals surface area contributed by atoms with E-state index in [1.165, 1.54) is 35.4 Å². The second-order valence-electron chi connectivity index (χ2n) is 11.5. The highest BCUT2D eigenvalue weighted by Crippen LogP contribution is 2.37. The molecule has 2 heterocycles. The third-order valence-corrected chi connectivity index (χ3v) is 6.61. The van der Waals surface area contributed by atoms with Gasteiger partial charge < -0.3 is 15.5 Å². The molecule has 206 valence electrons. The maximum Gasteiger partial charge on any atom is 0.255 e. The number of rotatable bonds is 8. The quantitative estimate of drug-likeness (QED) is 0.302. The minimum absolute atomic E-state index is 0.0905. The number of hydrogen-bond acceptors (Lipinski definition) is 7. The molecule has 40 heavy (non-hydrogen) atoms. The number of nitriles is 1. The van der Waals surface area contributed by atoms with Crippen LogP contribution < -0.4 is 10.6 Å². The molecule has 1 amide bonds. The van der Waals surface area contributed by atoms with Gasteiger partial charge in [-0.1, -0.05) is 38.1 Å². The van der Waals surface area contributed by atoms with Crippen molar-refractivity contribution in [2.24, 2.45) is 5.41 Å². The Morgan fingerprint density at radius 1 is 1.27 bits per heavy atom. The van der Waals surface area contributed by atoms with Crippen LogP contribution >= 0.6 is 0 Å². The van der Waals surface area contributed by atoms with Crippen molar-refractivity contribution in [3.05, 3.63) is 77.0 Å². The Balaban J connectivity index is 1.70. The smallest absolute Gasteiger partial charge is 0.255 e. The molecule has 1 unspecified atom stereocenters. The van der Waals surface area contributed by atoms with Crippen LogP contribution in [0.1, 0.15) is 74.2 Å². The molecule has 0 bridgehead atoms. The van der Waals surface area contributed by atoms with Crippen LogP contribution in [0.2, 0.25) is 0 Å². The number of benzene rings is 2. The SMILES string of the molecule is [2H]C(Nc1cc(C(=O)N(C)C)c2ncc(C#N)c(NCC(C)(C)C)c2c1)(c1ccc(F)cc1)c1cn(C2CC2)nn1. The molecule has 1 fully saturated rings. The van der Waals surface area contributed by atoms with Crippen LogP contribution in [0.4, 0.5) is 15.8 Å². The molecule has 2 aromatic heterocycles. The fourth-order valence-corrected chi connectivity index (χ4v) is 4.36. The van der Waals surface area contributed by atoms with Gasteiger partial charge in [0.05, 0.1) is 42.0 Å². The highest BCUT2D eigenvalue weighted by atomic mass is 19.1. The molecule has 0 spiro atoms. The Kier molecular flexibility index (Phi) is 6.80. The first-order valence-electron chi connectivity index (χ1n) is 13.7. The molecule has 0 radical (unpaired) electrons. The minimum atomic E-state index is -1.67. The molecule has 1 atom stereocenters. The number of hydrogen-bond donors (Lipinski definition) is 2. The van der Waals surface area contributed by atoms with Gasteiger partial charge in [0.15, 0.2) is 0 Å². The highest BCUT2D eigenvalue weighted by molar-refractivity contribution is 6.10. The summed E-state index contributed by atoms with van der Waals surface area (Å²) >= 11 is 0. The number of pyridine rings is 1. The Hall–Kier alpha value is -4.52. The molecule has 2 aromatic carbocycles. The van der Waals surface area contributed by atoms with Crippen molar-refractivity contribution in [2.75, 3.05) is 31.3 Å². The summed E-state index contributed by atoms with van der Waals surface area (Å²) in [5, 5.41) is 25.7. The number of fused-ring (bicyclic) bond motifs is 1. The van der Waals surface area contributed by atoms with Gasteiger partial charge in [-0.2, -0.15) is 5.26 Å².